The van der Waals surface area contributed by atoms with E-state index in [0.717, 1.165) is 24.0 Å². The topological polar surface area (TPSA) is 49.8 Å². The molecule has 2 aromatic rings. The molecule has 0 saturated carbocycles. The summed E-state index contributed by atoms with van der Waals surface area (Å²) in [6.07, 6.45) is 2.21. The van der Waals surface area contributed by atoms with Crippen molar-refractivity contribution in [1.29, 1.82) is 0 Å². The van der Waals surface area contributed by atoms with Crippen LogP contribution in [0.3, 0.4) is 0 Å². The maximum Gasteiger partial charge on any atom is 0.310 e. The Morgan fingerprint density at radius 3 is 2.13 bits per heavy atom. The number of rotatable bonds is 10. The quantitative estimate of drug-likeness (QED) is 0.393. The van der Waals surface area contributed by atoms with Crippen molar-refractivity contribution in [2.75, 3.05) is 0 Å². The van der Waals surface area contributed by atoms with Crippen molar-refractivity contribution in [3.63, 3.8) is 0 Å². The lowest BCUT2D eigenvalue weighted by molar-refractivity contribution is -0.181. The van der Waals surface area contributed by atoms with Gasteiger partial charge >= 0.3 is 5.97 Å². The van der Waals surface area contributed by atoms with E-state index in [1.165, 1.54) is 0 Å². The number of unbranched alkanes of at least 4 members (excludes halogenated alkanes) is 1. The maximum atomic E-state index is 12.7. The average molecular weight is 412 g/mol. The molecule has 2 atom stereocenters. The fourth-order valence-corrected chi connectivity index (χ4v) is 3.74. The second kappa shape index (κ2) is 10.7. The maximum absolute atomic E-state index is 12.7. The molecule has 0 heterocycles. The monoisotopic (exact) mass is 411 g/mol. The summed E-state index contributed by atoms with van der Waals surface area (Å²) >= 11 is 0. The molecule has 0 saturated heterocycles. The molecule has 0 radical (unpaired) electrons. The van der Waals surface area contributed by atoms with Gasteiger partial charge in [0.15, 0.2) is 0 Å². The highest BCUT2D eigenvalue weighted by Crippen LogP contribution is 2.35. The van der Waals surface area contributed by atoms with Crippen molar-refractivity contribution >= 4 is 5.97 Å². The van der Waals surface area contributed by atoms with Gasteiger partial charge < -0.3 is 9.84 Å². The Morgan fingerprint density at radius 1 is 1.03 bits per heavy atom. The Kier molecular flexibility index (Phi) is 8.63. The van der Waals surface area contributed by atoms with Crippen LogP contribution in [0.4, 0.5) is 0 Å². The smallest absolute Gasteiger partial charge is 0.310 e. The van der Waals surface area contributed by atoms with Crippen molar-refractivity contribution in [1.82, 2.24) is 4.90 Å². The largest absolute Gasteiger partial charge is 0.460 e. The minimum Gasteiger partial charge on any atom is -0.460 e. The molecule has 30 heavy (non-hydrogen) atoms. The molecule has 1 unspecified atom stereocenters. The number of aliphatic hydroxyl groups is 1. The predicted octanol–water partition coefficient (Wildman–Crippen LogP) is 5.86. The second-order valence-corrected chi connectivity index (χ2v) is 9.05. The van der Waals surface area contributed by atoms with Crippen LogP contribution in [0.5, 0.6) is 0 Å². The number of esters is 1. The van der Waals surface area contributed by atoms with Crippen LogP contribution in [0.25, 0.3) is 0 Å². The number of benzene rings is 2. The van der Waals surface area contributed by atoms with Gasteiger partial charge in [-0.25, -0.2) is 0 Å². The molecule has 0 amide bonds. The Balaban J connectivity index is 2.41. The van der Waals surface area contributed by atoms with Crippen molar-refractivity contribution in [3.05, 3.63) is 71.8 Å². The molecule has 4 nitrogen and oxygen atoms in total. The number of hydrogen-bond acceptors (Lipinski definition) is 4. The van der Waals surface area contributed by atoms with Gasteiger partial charge in [0, 0.05) is 12.6 Å². The molecule has 2 rings (SSSR count). The van der Waals surface area contributed by atoms with Crippen LogP contribution in [0.2, 0.25) is 0 Å². The van der Waals surface area contributed by atoms with Gasteiger partial charge in [-0.15, -0.1) is 0 Å². The number of carbonyl (C=O) groups excluding carboxylic acids is 1. The first kappa shape index (κ1) is 24.1. The van der Waals surface area contributed by atoms with Gasteiger partial charge in [0.05, 0.1) is 6.42 Å². The molecule has 0 fully saturated rings. The normalized spacial score (nSPS) is 14.9. The van der Waals surface area contributed by atoms with E-state index in [2.05, 4.69) is 43.0 Å². The van der Waals surface area contributed by atoms with Crippen LogP contribution in [-0.2, 0) is 16.1 Å². The fourth-order valence-electron chi connectivity index (χ4n) is 3.74. The Bertz CT molecular complexity index is 770. The lowest BCUT2D eigenvalue weighted by Crippen LogP contribution is -2.51. The SMILES string of the molecule is CCCCC(O)(CC(=O)OC(C)(C)C)N(Cc1ccccc1)[C@@H](C)c1ccccc1. The van der Waals surface area contributed by atoms with Gasteiger partial charge in [0.2, 0.25) is 0 Å². The summed E-state index contributed by atoms with van der Waals surface area (Å²) in [6.45, 7) is 10.3. The molecule has 0 aliphatic carbocycles. The molecule has 0 aliphatic heterocycles. The van der Waals surface area contributed by atoms with Crippen LogP contribution in [0.15, 0.2) is 60.7 Å². The van der Waals surface area contributed by atoms with E-state index in [1.54, 1.807) is 0 Å². The number of hydrogen-bond donors (Lipinski definition) is 1. The van der Waals surface area contributed by atoms with Gasteiger partial charge in [-0.1, -0.05) is 74.0 Å². The summed E-state index contributed by atoms with van der Waals surface area (Å²) < 4.78 is 5.57. The zero-order chi connectivity index (χ0) is 22.2. The summed E-state index contributed by atoms with van der Waals surface area (Å²) in [7, 11) is 0. The van der Waals surface area contributed by atoms with Gasteiger partial charge in [-0.05, 0) is 51.7 Å². The van der Waals surface area contributed by atoms with Crippen molar-refractivity contribution < 1.29 is 14.6 Å². The van der Waals surface area contributed by atoms with E-state index in [1.807, 2.05) is 57.2 Å². The van der Waals surface area contributed by atoms with Crippen molar-refractivity contribution in [3.8, 4) is 0 Å². The van der Waals surface area contributed by atoms with Crippen LogP contribution >= 0.6 is 0 Å². The first-order chi connectivity index (χ1) is 14.1. The van der Waals surface area contributed by atoms with Crippen molar-refractivity contribution in [2.45, 2.75) is 84.2 Å². The van der Waals surface area contributed by atoms with Crippen molar-refractivity contribution in [2.24, 2.45) is 0 Å². The minimum absolute atomic E-state index is 0.0612. The van der Waals surface area contributed by atoms with E-state index < -0.39 is 11.3 Å². The van der Waals surface area contributed by atoms with Gasteiger partial charge in [0.25, 0.3) is 0 Å². The molecule has 4 heteroatoms. The molecule has 2 aromatic carbocycles. The molecular weight excluding hydrogens is 374 g/mol. The van der Waals surface area contributed by atoms with Gasteiger partial charge in [0.1, 0.15) is 11.3 Å². The van der Waals surface area contributed by atoms with Crippen LogP contribution in [0, 0.1) is 0 Å². The minimum atomic E-state index is -1.30. The van der Waals surface area contributed by atoms with Crippen LogP contribution in [0.1, 0.15) is 77.5 Å². The van der Waals surface area contributed by atoms with Gasteiger partial charge in [-0.3, -0.25) is 9.69 Å². The molecule has 164 valence electrons. The second-order valence-electron chi connectivity index (χ2n) is 9.05. The van der Waals surface area contributed by atoms with E-state index in [-0.39, 0.29) is 18.4 Å². The zero-order valence-electron chi connectivity index (χ0n) is 19.1. The Hall–Kier alpha value is -2.17. The number of ether oxygens (including phenoxy) is 1. The highest BCUT2D eigenvalue weighted by atomic mass is 16.6. The highest BCUT2D eigenvalue weighted by Gasteiger charge is 2.40. The lowest BCUT2D eigenvalue weighted by Gasteiger charge is -2.43. The number of carbonyl (C=O) groups is 1. The van der Waals surface area contributed by atoms with Crippen LogP contribution < -0.4 is 0 Å². The Morgan fingerprint density at radius 2 is 1.60 bits per heavy atom. The third-order valence-corrected chi connectivity index (χ3v) is 5.26. The summed E-state index contributed by atoms with van der Waals surface area (Å²) in [5.74, 6) is -0.376. The third-order valence-electron chi connectivity index (χ3n) is 5.26. The molecule has 0 spiro atoms. The predicted molar refractivity (Wildman–Crippen MR) is 122 cm³/mol. The highest BCUT2D eigenvalue weighted by molar-refractivity contribution is 5.71. The summed E-state index contributed by atoms with van der Waals surface area (Å²) in [4.78, 5) is 14.8. The summed E-state index contributed by atoms with van der Waals surface area (Å²) in [6, 6.07) is 20.1. The molecular formula is C26H37NO3. The van der Waals surface area contributed by atoms with E-state index >= 15 is 0 Å². The molecule has 0 bridgehead atoms. The lowest BCUT2D eigenvalue weighted by atomic mass is 9.94. The van der Waals surface area contributed by atoms with E-state index in [4.69, 9.17) is 4.74 Å². The number of nitrogens with zero attached hydrogens (tertiary/aromatic N) is 1. The Labute approximate surface area is 181 Å². The summed E-state index contributed by atoms with van der Waals surface area (Å²) in [5, 5.41) is 11.9. The van der Waals surface area contributed by atoms with E-state index in [9.17, 15) is 9.90 Å². The van der Waals surface area contributed by atoms with Crippen LogP contribution in [-0.4, -0.2) is 27.3 Å². The average Bonchev–Trinajstić information content (AvgIpc) is 2.70. The molecule has 1 N–H and O–H groups in total. The van der Waals surface area contributed by atoms with E-state index in [0.29, 0.717) is 13.0 Å². The fraction of sp³-hybridized carbons (Fsp3) is 0.500. The van der Waals surface area contributed by atoms with Gasteiger partial charge in [-0.2, -0.15) is 0 Å². The first-order valence-corrected chi connectivity index (χ1v) is 10.9. The standard InChI is InChI=1S/C26H37NO3/c1-6-7-18-26(29,19-24(28)30-25(3,4)5)27(20-22-14-10-8-11-15-22)21(2)23-16-12-9-13-17-23/h8-17,21,29H,6-7,18-20H2,1-5H3/t21-,26?/m0/s1. The molecule has 0 aromatic heterocycles. The third kappa shape index (κ3) is 7.26. The zero-order valence-corrected chi connectivity index (χ0v) is 19.1. The summed E-state index contributed by atoms with van der Waals surface area (Å²) in [5.41, 5.74) is 0.313. The molecule has 0 aliphatic rings. The first-order valence-electron chi connectivity index (χ1n) is 10.9.